The molecule has 120 valence electrons. The normalized spacial score (nSPS) is 21.2. The summed E-state index contributed by atoms with van der Waals surface area (Å²) in [4.78, 5) is 25.9. The van der Waals surface area contributed by atoms with E-state index in [1.54, 1.807) is 30.5 Å². The van der Waals surface area contributed by atoms with E-state index in [4.69, 9.17) is 10.2 Å². The summed E-state index contributed by atoms with van der Waals surface area (Å²) in [7, 11) is 0. The van der Waals surface area contributed by atoms with E-state index in [0.29, 0.717) is 23.6 Å². The molecule has 0 aliphatic carbocycles. The van der Waals surface area contributed by atoms with Crippen LogP contribution in [0.15, 0.2) is 47.1 Å². The van der Waals surface area contributed by atoms with Crippen LogP contribution in [0, 0.1) is 5.92 Å². The summed E-state index contributed by atoms with van der Waals surface area (Å²) in [5, 5.41) is 0. The van der Waals surface area contributed by atoms with Gasteiger partial charge in [0.2, 0.25) is 5.91 Å². The number of hydrogen-bond acceptors (Lipinski definition) is 3. The molecule has 2 aromatic rings. The minimum Gasteiger partial charge on any atom is -0.467 e. The maximum atomic E-state index is 12.9. The van der Waals surface area contributed by atoms with Crippen molar-refractivity contribution in [2.45, 2.75) is 25.8 Å². The molecule has 2 N–H and O–H groups in total. The minimum atomic E-state index is -0.496. The zero-order valence-electron chi connectivity index (χ0n) is 13.1. The Labute approximate surface area is 135 Å². The van der Waals surface area contributed by atoms with Crippen molar-refractivity contribution in [3.05, 3.63) is 59.5 Å². The van der Waals surface area contributed by atoms with Crippen LogP contribution in [0.5, 0.6) is 0 Å². The Balaban J connectivity index is 1.85. The molecule has 5 nitrogen and oxygen atoms in total. The highest BCUT2D eigenvalue weighted by molar-refractivity contribution is 5.97. The number of amides is 2. The molecule has 1 saturated heterocycles. The summed E-state index contributed by atoms with van der Waals surface area (Å²) in [6, 6.07) is 10.2. The van der Waals surface area contributed by atoms with Crippen LogP contribution in [0.3, 0.4) is 0 Å². The molecule has 1 aromatic carbocycles. The van der Waals surface area contributed by atoms with Gasteiger partial charge in [-0.25, -0.2) is 0 Å². The highest BCUT2D eigenvalue weighted by Gasteiger charge is 2.33. The number of carbonyl (C=O) groups is 2. The number of hydrogen-bond donors (Lipinski definition) is 1. The van der Waals surface area contributed by atoms with Gasteiger partial charge in [0, 0.05) is 17.7 Å². The summed E-state index contributed by atoms with van der Waals surface area (Å²) in [5.41, 5.74) is 6.19. The smallest absolute Gasteiger partial charge is 0.254 e. The van der Waals surface area contributed by atoms with Crippen LogP contribution in [0.25, 0.3) is 0 Å². The lowest BCUT2D eigenvalue weighted by Crippen LogP contribution is -2.40. The van der Waals surface area contributed by atoms with Gasteiger partial charge in [-0.15, -0.1) is 0 Å². The predicted molar refractivity (Wildman–Crippen MR) is 85.8 cm³/mol. The second-order valence-electron chi connectivity index (χ2n) is 6.10. The molecule has 2 atom stereocenters. The van der Waals surface area contributed by atoms with E-state index in [9.17, 15) is 9.59 Å². The van der Waals surface area contributed by atoms with Crippen LogP contribution in [-0.4, -0.2) is 23.3 Å². The second-order valence-corrected chi connectivity index (χ2v) is 6.10. The van der Waals surface area contributed by atoms with Crippen LogP contribution >= 0.6 is 0 Å². The fourth-order valence-corrected chi connectivity index (χ4v) is 3.08. The highest BCUT2D eigenvalue weighted by Crippen LogP contribution is 2.35. The fraction of sp³-hybridized carbons (Fsp3) is 0.333. The number of carbonyl (C=O) groups excluding carboxylic acids is 2. The van der Waals surface area contributed by atoms with Crippen molar-refractivity contribution in [3.63, 3.8) is 0 Å². The van der Waals surface area contributed by atoms with Crippen molar-refractivity contribution in [1.29, 1.82) is 0 Å². The van der Waals surface area contributed by atoms with Crippen molar-refractivity contribution in [2.24, 2.45) is 11.7 Å². The quantitative estimate of drug-likeness (QED) is 0.946. The van der Waals surface area contributed by atoms with Gasteiger partial charge in [-0.1, -0.05) is 6.92 Å². The van der Waals surface area contributed by atoms with Gasteiger partial charge in [0.1, 0.15) is 5.76 Å². The van der Waals surface area contributed by atoms with Crippen LogP contribution < -0.4 is 5.73 Å². The van der Waals surface area contributed by atoms with Crippen LogP contribution in [0.2, 0.25) is 0 Å². The average Bonchev–Trinajstić information content (AvgIpc) is 3.08. The van der Waals surface area contributed by atoms with Gasteiger partial charge in [-0.2, -0.15) is 0 Å². The number of likely N-dealkylation sites (tertiary alicyclic amines) is 1. The van der Waals surface area contributed by atoms with Crippen molar-refractivity contribution >= 4 is 11.8 Å². The number of nitrogens with zero attached hydrogens (tertiary/aromatic N) is 1. The molecule has 3 rings (SSSR count). The summed E-state index contributed by atoms with van der Waals surface area (Å²) >= 11 is 0. The summed E-state index contributed by atoms with van der Waals surface area (Å²) < 4.78 is 5.53. The third kappa shape index (κ3) is 3.13. The maximum Gasteiger partial charge on any atom is 0.254 e. The van der Waals surface area contributed by atoms with Crippen molar-refractivity contribution < 1.29 is 14.0 Å². The summed E-state index contributed by atoms with van der Waals surface area (Å²) in [6.07, 6.45) is 3.50. The average molecular weight is 312 g/mol. The molecule has 0 unspecified atom stereocenters. The number of rotatable bonds is 3. The molecule has 0 radical (unpaired) electrons. The lowest BCUT2D eigenvalue weighted by molar-refractivity contribution is 0.0520. The molecule has 1 fully saturated rings. The first-order valence-corrected chi connectivity index (χ1v) is 7.80. The largest absolute Gasteiger partial charge is 0.467 e. The second kappa shape index (κ2) is 6.28. The minimum absolute atomic E-state index is 0.0444. The van der Waals surface area contributed by atoms with E-state index in [-0.39, 0.29) is 11.9 Å². The summed E-state index contributed by atoms with van der Waals surface area (Å²) in [6.45, 7) is 2.89. The lowest BCUT2D eigenvalue weighted by Gasteiger charge is -2.37. The topological polar surface area (TPSA) is 76.5 Å². The Morgan fingerprint density at radius 2 is 1.87 bits per heavy atom. The highest BCUT2D eigenvalue weighted by atomic mass is 16.3. The van der Waals surface area contributed by atoms with Gasteiger partial charge in [0.15, 0.2) is 0 Å². The number of nitrogens with two attached hydrogens (primary N) is 1. The van der Waals surface area contributed by atoms with Gasteiger partial charge in [0.25, 0.3) is 5.91 Å². The van der Waals surface area contributed by atoms with Gasteiger partial charge in [-0.3, -0.25) is 9.59 Å². The fourth-order valence-electron chi connectivity index (χ4n) is 3.08. The molecule has 0 saturated carbocycles. The van der Waals surface area contributed by atoms with E-state index in [1.165, 1.54) is 0 Å². The Bertz CT molecular complexity index is 692. The molecule has 0 bridgehead atoms. The van der Waals surface area contributed by atoms with Crippen molar-refractivity contribution in [3.8, 4) is 0 Å². The van der Waals surface area contributed by atoms with E-state index >= 15 is 0 Å². The zero-order chi connectivity index (χ0) is 16.4. The molecule has 2 amide bonds. The van der Waals surface area contributed by atoms with Gasteiger partial charge < -0.3 is 15.1 Å². The van der Waals surface area contributed by atoms with Crippen LogP contribution in [0.1, 0.15) is 52.3 Å². The first kappa shape index (κ1) is 15.3. The van der Waals surface area contributed by atoms with Crippen LogP contribution in [0.4, 0.5) is 0 Å². The first-order valence-electron chi connectivity index (χ1n) is 7.80. The molecule has 1 aliphatic rings. The van der Waals surface area contributed by atoms with Crippen LogP contribution in [-0.2, 0) is 0 Å². The maximum absolute atomic E-state index is 12.9. The number of furan rings is 1. The number of piperidine rings is 1. The summed E-state index contributed by atoms with van der Waals surface area (Å²) in [5.74, 6) is 0.823. The molecule has 23 heavy (non-hydrogen) atoms. The Morgan fingerprint density at radius 3 is 2.48 bits per heavy atom. The van der Waals surface area contributed by atoms with E-state index in [2.05, 4.69) is 6.92 Å². The molecule has 1 aliphatic heterocycles. The van der Waals surface area contributed by atoms with E-state index in [0.717, 1.165) is 18.6 Å². The molecular formula is C18H20N2O3. The SMILES string of the molecule is C[C@@H]1CCN(C(=O)c2ccc(C(N)=O)cc2)[C@H](c2ccco2)C1. The molecule has 5 heteroatoms. The molecule has 2 heterocycles. The predicted octanol–water partition coefficient (Wildman–Crippen LogP) is 2.99. The third-order valence-electron chi connectivity index (χ3n) is 4.41. The Morgan fingerprint density at radius 1 is 1.17 bits per heavy atom. The van der Waals surface area contributed by atoms with Gasteiger partial charge in [-0.05, 0) is 55.2 Å². The third-order valence-corrected chi connectivity index (χ3v) is 4.41. The monoisotopic (exact) mass is 312 g/mol. The first-order chi connectivity index (χ1) is 11.1. The van der Waals surface area contributed by atoms with E-state index < -0.39 is 5.91 Å². The number of benzene rings is 1. The standard InChI is InChI=1S/C18H20N2O3/c1-12-8-9-20(15(11-12)16-3-2-10-23-16)18(22)14-6-4-13(5-7-14)17(19)21/h2-7,10,12,15H,8-9,11H2,1H3,(H2,19,21)/t12-,15+/m1/s1. The van der Waals surface area contributed by atoms with Gasteiger partial charge in [0.05, 0.1) is 12.3 Å². The Hall–Kier alpha value is -2.56. The van der Waals surface area contributed by atoms with Gasteiger partial charge >= 0.3 is 0 Å². The lowest BCUT2D eigenvalue weighted by atomic mass is 9.90. The van der Waals surface area contributed by atoms with Crippen molar-refractivity contribution in [1.82, 2.24) is 4.90 Å². The van der Waals surface area contributed by atoms with E-state index in [1.807, 2.05) is 17.0 Å². The van der Waals surface area contributed by atoms with Crippen molar-refractivity contribution in [2.75, 3.05) is 6.54 Å². The molecular weight excluding hydrogens is 292 g/mol. The zero-order valence-corrected chi connectivity index (χ0v) is 13.1. The molecule has 1 aromatic heterocycles. The molecule has 0 spiro atoms. The Kier molecular flexibility index (Phi) is 4.19. The number of primary amides is 1.